The van der Waals surface area contributed by atoms with E-state index in [4.69, 9.17) is 14.7 Å². The fourth-order valence-corrected chi connectivity index (χ4v) is 7.50. The number of anilines is 1. The molecule has 0 N–H and O–H groups in total. The second-order valence-corrected chi connectivity index (χ2v) is 15.0. The SMILES string of the molecule is CN(C)C(=O)CCc1nc2c(N3CC(N(C)C)C3)nc3c(F)c(Br)c(CCC#N)cc3c2n1C1C2CC1N(C(=O)OC(C)(C)C)C2. The van der Waals surface area contributed by atoms with E-state index in [1.165, 1.54) is 0 Å². The molecule has 1 aromatic carbocycles. The third kappa shape index (κ3) is 5.57. The summed E-state index contributed by atoms with van der Waals surface area (Å²) >= 11 is 3.46. The predicted octanol–water partition coefficient (Wildman–Crippen LogP) is 4.89. The zero-order valence-corrected chi connectivity index (χ0v) is 29.2. The Morgan fingerprint density at radius 2 is 1.85 bits per heavy atom. The van der Waals surface area contributed by atoms with Gasteiger partial charge in [-0.3, -0.25) is 4.79 Å². The van der Waals surface area contributed by atoms with Crippen molar-refractivity contribution in [3.63, 3.8) is 0 Å². The quantitative estimate of drug-likeness (QED) is 0.327. The van der Waals surface area contributed by atoms with Gasteiger partial charge in [-0.1, -0.05) is 0 Å². The van der Waals surface area contributed by atoms with Crippen LogP contribution in [0.15, 0.2) is 10.5 Å². The van der Waals surface area contributed by atoms with Gasteiger partial charge in [0, 0.05) is 70.3 Å². The summed E-state index contributed by atoms with van der Waals surface area (Å²) in [5.41, 5.74) is 1.72. The molecule has 5 heterocycles. The van der Waals surface area contributed by atoms with Crippen LogP contribution in [-0.2, 0) is 22.4 Å². The second-order valence-electron chi connectivity index (χ2n) is 14.2. The molecule has 2 aromatic heterocycles. The van der Waals surface area contributed by atoms with E-state index in [-0.39, 0.29) is 48.4 Å². The molecular weight excluding hydrogens is 655 g/mol. The Hall–Kier alpha value is -3.50. The molecule has 0 radical (unpaired) electrons. The minimum absolute atomic E-state index is 0.0147. The van der Waals surface area contributed by atoms with E-state index in [2.05, 4.69) is 36.4 Å². The summed E-state index contributed by atoms with van der Waals surface area (Å²) in [6, 6.07) is 4.20. The summed E-state index contributed by atoms with van der Waals surface area (Å²) in [6.07, 6.45) is 1.76. The third-order valence-electron chi connectivity index (χ3n) is 9.56. The average Bonchev–Trinajstić information content (AvgIpc) is 3.64. The lowest BCUT2D eigenvalue weighted by atomic mass is 9.79. The number of imidazole rings is 1. The van der Waals surface area contributed by atoms with E-state index in [1.807, 2.05) is 45.8 Å². The fraction of sp³-hybridized carbons (Fsp3) is 0.606. The Bertz CT molecular complexity index is 1750. The molecule has 3 atom stereocenters. The zero-order valence-electron chi connectivity index (χ0n) is 27.6. The molecule has 3 aromatic rings. The number of nitrogens with zero attached hydrogens (tertiary/aromatic N) is 8. The van der Waals surface area contributed by atoms with E-state index < -0.39 is 11.4 Å². The van der Waals surface area contributed by atoms with Crippen LogP contribution in [0.1, 0.15) is 57.5 Å². The molecular formula is C33H42BrFN8O3. The smallest absolute Gasteiger partial charge is 0.410 e. The van der Waals surface area contributed by atoms with Gasteiger partial charge in [-0.2, -0.15) is 5.26 Å². The summed E-state index contributed by atoms with van der Waals surface area (Å²) in [6.45, 7) is 7.60. The average molecular weight is 698 g/mol. The van der Waals surface area contributed by atoms with Crippen molar-refractivity contribution in [1.82, 2.24) is 29.2 Å². The molecule has 11 nitrogen and oxygen atoms in total. The van der Waals surface area contributed by atoms with E-state index in [0.717, 1.165) is 30.9 Å². The van der Waals surface area contributed by atoms with Gasteiger partial charge in [-0.15, -0.1) is 0 Å². The topological polar surface area (TPSA) is 111 Å². The van der Waals surface area contributed by atoms with Gasteiger partial charge in [0.1, 0.15) is 22.5 Å². The van der Waals surface area contributed by atoms with Gasteiger partial charge in [0.15, 0.2) is 11.6 Å². The number of likely N-dealkylation sites (N-methyl/N-ethyl adjacent to an activating group) is 1. The van der Waals surface area contributed by atoms with Crippen LogP contribution in [0.3, 0.4) is 0 Å². The minimum Gasteiger partial charge on any atom is -0.444 e. The van der Waals surface area contributed by atoms with Crippen molar-refractivity contribution in [2.45, 2.75) is 76.6 Å². The van der Waals surface area contributed by atoms with E-state index in [9.17, 15) is 14.9 Å². The maximum absolute atomic E-state index is 16.3. The maximum atomic E-state index is 16.3. The number of carbonyl (C=O) groups is 2. The van der Waals surface area contributed by atoms with Crippen LogP contribution in [0, 0.1) is 23.1 Å². The first-order chi connectivity index (χ1) is 21.7. The van der Waals surface area contributed by atoms with Gasteiger partial charge in [0.25, 0.3) is 0 Å². The van der Waals surface area contributed by atoms with Crippen LogP contribution >= 0.6 is 15.9 Å². The highest BCUT2D eigenvalue weighted by Crippen LogP contribution is 2.52. The standard InChI is InChI=1S/C33H42BrFN8O3/c1-33(2,3)46-32(45)42-15-19-14-22(42)29(19)43-23(10-11-24(44)40(6)7)37-28-30(43)21-13-18(9-8-12-36)25(34)26(35)27(21)38-31(28)41-16-20(17-41)39(4)5/h13,19-20,22,29H,8-11,14-17H2,1-7H3. The number of fused-ring (bicyclic) bond motifs is 4. The minimum atomic E-state index is -0.623. The lowest BCUT2D eigenvalue weighted by Gasteiger charge is -2.43. The number of hydrogen-bond acceptors (Lipinski definition) is 8. The zero-order chi connectivity index (χ0) is 33.2. The van der Waals surface area contributed by atoms with E-state index >= 15 is 4.39 Å². The number of nitriles is 1. The Balaban J connectivity index is 1.56. The third-order valence-corrected chi connectivity index (χ3v) is 10.4. The van der Waals surface area contributed by atoms with Crippen molar-refractivity contribution in [3.05, 3.63) is 27.7 Å². The molecule has 4 fully saturated rings. The molecule has 246 valence electrons. The Morgan fingerprint density at radius 1 is 1.13 bits per heavy atom. The number of benzene rings is 1. The molecule has 2 amide bonds. The highest BCUT2D eigenvalue weighted by atomic mass is 79.9. The predicted molar refractivity (Wildman–Crippen MR) is 177 cm³/mol. The van der Waals surface area contributed by atoms with E-state index in [0.29, 0.717) is 52.2 Å². The van der Waals surface area contributed by atoms with Gasteiger partial charge in [0.05, 0.1) is 28.1 Å². The molecule has 7 rings (SSSR count). The summed E-state index contributed by atoms with van der Waals surface area (Å²) < 4.78 is 24.5. The lowest BCUT2D eigenvalue weighted by Crippen LogP contribution is -2.57. The van der Waals surface area contributed by atoms with Crippen LogP contribution in [0.4, 0.5) is 15.0 Å². The Kier molecular flexibility index (Phi) is 8.42. The maximum Gasteiger partial charge on any atom is 0.410 e. The Morgan fingerprint density at radius 3 is 2.48 bits per heavy atom. The molecule has 2 bridgehead atoms. The molecule has 13 heteroatoms. The summed E-state index contributed by atoms with van der Waals surface area (Å²) in [5, 5.41) is 9.92. The monoisotopic (exact) mass is 696 g/mol. The summed E-state index contributed by atoms with van der Waals surface area (Å²) in [7, 11) is 7.56. The van der Waals surface area contributed by atoms with Gasteiger partial charge in [-0.25, -0.2) is 19.2 Å². The van der Waals surface area contributed by atoms with Gasteiger partial charge < -0.3 is 28.9 Å². The number of pyridine rings is 1. The second kappa shape index (κ2) is 11.9. The van der Waals surface area contributed by atoms with Gasteiger partial charge in [0.2, 0.25) is 5.91 Å². The van der Waals surface area contributed by atoms with Crippen LogP contribution < -0.4 is 4.90 Å². The number of hydrogen-bond donors (Lipinski definition) is 0. The van der Waals surface area contributed by atoms with E-state index in [1.54, 1.807) is 19.0 Å². The number of aromatic nitrogens is 3. The first kappa shape index (κ1) is 32.4. The van der Waals surface area contributed by atoms with Crippen LogP contribution in [-0.4, -0.2) is 107 Å². The summed E-state index contributed by atoms with van der Waals surface area (Å²) in [4.78, 5) is 43.9. The van der Waals surface area contributed by atoms with Crippen LogP contribution in [0.25, 0.3) is 21.9 Å². The molecule has 3 aliphatic heterocycles. The molecule has 3 saturated heterocycles. The number of aryl methyl sites for hydroxylation is 2. The van der Waals surface area contributed by atoms with Crippen molar-refractivity contribution in [2.24, 2.45) is 5.92 Å². The molecule has 1 aliphatic carbocycles. The number of carbonyl (C=O) groups excluding carboxylic acids is 2. The summed E-state index contributed by atoms with van der Waals surface area (Å²) in [5.74, 6) is 1.01. The number of halogens is 2. The Labute approximate surface area is 277 Å². The van der Waals surface area contributed by atoms with Crippen LogP contribution in [0.5, 0.6) is 0 Å². The normalized spacial score (nSPS) is 21.1. The molecule has 4 aliphatic rings. The molecule has 3 unspecified atom stereocenters. The van der Waals surface area contributed by atoms with Crippen molar-refractivity contribution in [3.8, 4) is 6.07 Å². The van der Waals surface area contributed by atoms with Crippen molar-refractivity contribution < 1.29 is 18.7 Å². The largest absolute Gasteiger partial charge is 0.444 e. The first-order valence-corrected chi connectivity index (χ1v) is 16.7. The van der Waals surface area contributed by atoms with Crippen molar-refractivity contribution in [1.29, 1.82) is 5.26 Å². The lowest BCUT2D eigenvalue weighted by molar-refractivity contribution is -0.128. The highest BCUT2D eigenvalue weighted by molar-refractivity contribution is 9.10. The fourth-order valence-electron chi connectivity index (χ4n) is 7.00. The number of ether oxygens (including phenoxy) is 1. The first-order valence-electron chi connectivity index (χ1n) is 15.9. The molecule has 1 saturated carbocycles. The van der Waals surface area contributed by atoms with Crippen LogP contribution in [0.2, 0.25) is 0 Å². The van der Waals surface area contributed by atoms with Crippen molar-refractivity contribution >= 4 is 55.7 Å². The van der Waals surface area contributed by atoms with Crippen molar-refractivity contribution in [2.75, 3.05) is 52.7 Å². The van der Waals surface area contributed by atoms with Gasteiger partial charge in [-0.05, 0) is 75.3 Å². The molecule has 0 spiro atoms. The number of rotatable bonds is 8. The molecule has 46 heavy (non-hydrogen) atoms. The highest BCUT2D eigenvalue weighted by Gasteiger charge is 2.56. The number of amides is 2. The van der Waals surface area contributed by atoms with Gasteiger partial charge >= 0.3 is 6.09 Å².